The molecule has 3 heteroatoms. The first-order valence-corrected chi connectivity index (χ1v) is 5.28. The second-order valence-electron chi connectivity index (χ2n) is 3.27. The predicted octanol–water partition coefficient (Wildman–Crippen LogP) is 2.27. The van der Waals surface area contributed by atoms with Crippen LogP contribution in [0.3, 0.4) is 0 Å². The molecule has 0 saturated heterocycles. The van der Waals surface area contributed by atoms with E-state index < -0.39 is 0 Å². The van der Waals surface area contributed by atoms with Crippen LogP contribution in [-0.4, -0.2) is 18.6 Å². The topological polar surface area (TPSA) is 41.1 Å². The lowest BCUT2D eigenvalue weighted by molar-refractivity contribution is 0.236. The number of nitrogens with one attached hydrogen (secondary N) is 2. The maximum absolute atomic E-state index is 11.2. The zero-order valence-corrected chi connectivity index (χ0v) is 9.02. The van der Waals surface area contributed by atoms with Gasteiger partial charge in [0.2, 0.25) is 0 Å². The van der Waals surface area contributed by atoms with Crippen LogP contribution in [0.5, 0.6) is 0 Å². The summed E-state index contributed by atoms with van der Waals surface area (Å²) in [4.78, 5) is 11.2. The number of carbonyl (C=O) groups is 1. The smallest absolute Gasteiger partial charge is 0.315 e. The van der Waals surface area contributed by atoms with E-state index in [0.717, 1.165) is 32.2 Å². The highest BCUT2D eigenvalue weighted by Crippen LogP contribution is 1.95. The van der Waals surface area contributed by atoms with Crippen LogP contribution in [0.25, 0.3) is 0 Å². The quantitative estimate of drug-likeness (QED) is 0.614. The zero-order chi connectivity index (χ0) is 10.1. The molecule has 2 N–H and O–H groups in total. The average molecular weight is 186 g/mol. The molecule has 0 aromatic rings. The van der Waals surface area contributed by atoms with E-state index in [2.05, 4.69) is 31.4 Å². The summed E-state index contributed by atoms with van der Waals surface area (Å²) in [6.07, 6.45) is 4.16. The van der Waals surface area contributed by atoms with E-state index in [0.29, 0.717) is 6.04 Å². The molecule has 0 fully saturated rings. The second kappa shape index (κ2) is 7.90. The minimum atomic E-state index is -0.0258. The third-order valence-electron chi connectivity index (χ3n) is 2.14. The van der Waals surface area contributed by atoms with Gasteiger partial charge in [-0.3, -0.25) is 0 Å². The van der Waals surface area contributed by atoms with Crippen molar-refractivity contribution in [3.8, 4) is 0 Å². The third kappa shape index (κ3) is 6.43. The molecule has 0 unspecified atom stereocenters. The Morgan fingerprint density at radius 1 is 1.23 bits per heavy atom. The Bertz CT molecular complexity index is 133. The van der Waals surface area contributed by atoms with Crippen molar-refractivity contribution in [2.24, 2.45) is 0 Å². The van der Waals surface area contributed by atoms with Gasteiger partial charge in [0.05, 0.1) is 0 Å². The van der Waals surface area contributed by atoms with Gasteiger partial charge in [0, 0.05) is 12.6 Å². The molecule has 2 amide bonds. The minimum absolute atomic E-state index is 0.0258. The van der Waals surface area contributed by atoms with Gasteiger partial charge in [-0.1, -0.05) is 27.2 Å². The Kier molecular flexibility index (Phi) is 7.45. The summed E-state index contributed by atoms with van der Waals surface area (Å²) in [5.74, 6) is 0. The van der Waals surface area contributed by atoms with Crippen LogP contribution in [0.4, 0.5) is 4.79 Å². The number of amides is 2. The summed E-state index contributed by atoms with van der Waals surface area (Å²) < 4.78 is 0. The van der Waals surface area contributed by atoms with Gasteiger partial charge >= 0.3 is 6.03 Å². The lowest BCUT2D eigenvalue weighted by atomic mass is 10.2. The molecule has 0 heterocycles. The monoisotopic (exact) mass is 186 g/mol. The maximum atomic E-state index is 11.2. The van der Waals surface area contributed by atoms with Crippen LogP contribution in [0, 0.1) is 0 Å². The molecule has 0 aliphatic carbocycles. The Balaban J connectivity index is 3.48. The molecule has 0 atom stereocenters. The fourth-order valence-electron chi connectivity index (χ4n) is 1.11. The summed E-state index contributed by atoms with van der Waals surface area (Å²) in [5, 5.41) is 5.76. The number of urea groups is 1. The summed E-state index contributed by atoms with van der Waals surface area (Å²) in [5.41, 5.74) is 0. The maximum Gasteiger partial charge on any atom is 0.315 e. The molecule has 0 saturated carbocycles. The van der Waals surface area contributed by atoms with Crippen LogP contribution >= 0.6 is 0 Å². The van der Waals surface area contributed by atoms with Crippen LogP contribution in [0.2, 0.25) is 0 Å². The lowest BCUT2D eigenvalue weighted by Crippen LogP contribution is -2.41. The van der Waals surface area contributed by atoms with Crippen molar-refractivity contribution >= 4 is 6.03 Å². The number of hydrogen-bond donors (Lipinski definition) is 2. The van der Waals surface area contributed by atoms with Gasteiger partial charge in [-0.05, 0) is 19.3 Å². The van der Waals surface area contributed by atoms with Crippen LogP contribution in [-0.2, 0) is 0 Å². The van der Waals surface area contributed by atoms with Crippen molar-refractivity contribution in [2.45, 2.75) is 52.5 Å². The fourth-order valence-corrected chi connectivity index (χ4v) is 1.11. The van der Waals surface area contributed by atoms with E-state index in [4.69, 9.17) is 0 Å². The largest absolute Gasteiger partial charge is 0.338 e. The lowest BCUT2D eigenvalue weighted by Gasteiger charge is -2.15. The molecule has 0 aromatic carbocycles. The van der Waals surface area contributed by atoms with Crippen LogP contribution in [0.1, 0.15) is 46.5 Å². The molecular formula is C10H22N2O. The first kappa shape index (κ1) is 12.3. The Labute approximate surface area is 81.3 Å². The summed E-state index contributed by atoms with van der Waals surface area (Å²) in [6.45, 7) is 7.06. The van der Waals surface area contributed by atoms with E-state index in [9.17, 15) is 4.79 Å². The highest BCUT2D eigenvalue weighted by atomic mass is 16.2. The van der Waals surface area contributed by atoms with Gasteiger partial charge in [-0.25, -0.2) is 4.79 Å². The van der Waals surface area contributed by atoms with E-state index >= 15 is 0 Å². The van der Waals surface area contributed by atoms with E-state index in [1.54, 1.807) is 0 Å². The van der Waals surface area contributed by atoms with E-state index in [-0.39, 0.29) is 6.03 Å². The SMILES string of the molecule is CCCCNC(=O)NC(CC)CC. The van der Waals surface area contributed by atoms with Crippen LogP contribution < -0.4 is 10.6 Å². The van der Waals surface area contributed by atoms with Gasteiger partial charge in [-0.15, -0.1) is 0 Å². The molecule has 0 aromatic heterocycles. The van der Waals surface area contributed by atoms with Gasteiger partial charge < -0.3 is 10.6 Å². The molecule has 13 heavy (non-hydrogen) atoms. The first-order valence-electron chi connectivity index (χ1n) is 5.28. The molecular weight excluding hydrogens is 164 g/mol. The van der Waals surface area contributed by atoms with Crippen molar-refractivity contribution in [1.29, 1.82) is 0 Å². The number of hydrogen-bond acceptors (Lipinski definition) is 1. The van der Waals surface area contributed by atoms with Gasteiger partial charge in [-0.2, -0.15) is 0 Å². The minimum Gasteiger partial charge on any atom is -0.338 e. The molecule has 0 radical (unpaired) electrons. The van der Waals surface area contributed by atoms with Gasteiger partial charge in [0.15, 0.2) is 0 Å². The zero-order valence-electron chi connectivity index (χ0n) is 9.02. The Hall–Kier alpha value is -0.730. The molecule has 0 aliphatic rings. The highest BCUT2D eigenvalue weighted by molar-refractivity contribution is 5.74. The molecule has 0 aliphatic heterocycles. The van der Waals surface area contributed by atoms with Crippen molar-refractivity contribution < 1.29 is 4.79 Å². The van der Waals surface area contributed by atoms with Crippen molar-refractivity contribution in [1.82, 2.24) is 10.6 Å². The standard InChI is InChI=1S/C10H22N2O/c1-4-7-8-11-10(13)12-9(5-2)6-3/h9H,4-8H2,1-3H3,(H2,11,12,13). The number of rotatable bonds is 6. The molecule has 0 spiro atoms. The fraction of sp³-hybridized carbons (Fsp3) is 0.900. The molecule has 0 rings (SSSR count). The second-order valence-corrected chi connectivity index (χ2v) is 3.27. The van der Waals surface area contributed by atoms with E-state index in [1.807, 2.05) is 0 Å². The predicted molar refractivity (Wildman–Crippen MR) is 55.8 cm³/mol. The van der Waals surface area contributed by atoms with Crippen molar-refractivity contribution in [3.05, 3.63) is 0 Å². The first-order chi connectivity index (χ1) is 6.24. The summed E-state index contributed by atoms with van der Waals surface area (Å²) in [7, 11) is 0. The average Bonchev–Trinajstić information content (AvgIpc) is 2.14. The van der Waals surface area contributed by atoms with Gasteiger partial charge in [0.25, 0.3) is 0 Å². The normalized spacial score (nSPS) is 10.2. The van der Waals surface area contributed by atoms with Crippen LogP contribution in [0.15, 0.2) is 0 Å². The number of unbranched alkanes of at least 4 members (excludes halogenated alkanes) is 1. The van der Waals surface area contributed by atoms with Crippen molar-refractivity contribution in [2.75, 3.05) is 6.54 Å². The summed E-state index contributed by atoms with van der Waals surface area (Å²) in [6, 6.07) is 0.295. The highest BCUT2D eigenvalue weighted by Gasteiger charge is 2.06. The van der Waals surface area contributed by atoms with Gasteiger partial charge in [0.1, 0.15) is 0 Å². The molecule has 3 nitrogen and oxygen atoms in total. The third-order valence-corrected chi connectivity index (χ3v) is 2.14. The molecule has 0 bridgehead atoms. The molecule has 78 valence electrons. The van der Waals surface area contributed by atoms with E-state index in [1.165, 1.54) is 0 Å². The Morgan fingerprint density at radius 2 is 1.85 bits per heavy atom. The Morgan fingerprint density at radius 3 is 2.31 bits per heavy atom. The van der Waals surface area contributed by atoms with Crippen molar-refractivity contribution in [3.63, 3.8) is 0 Å². The summed E-state index contributed by atoms with van der Waals surface area (Å²) >= 11 is 0. The number of carbonyl (C=O) groups excluding carboxylic acids is 1.